The summed E-state index contributed by atoms with van der Waals surface area (Å²) < 4.78 is 16.1. The molecule has 0 fully saturated rings. The molecule has 116 valence electrons. The minimum atomic E-state index is -0.715. The van der Waals surface area contributed by atoms with Crippen LogP contribution in [0, 0.1) is 0 Å². The van der Waals surface area contributed by atoms with E-state index < -0.39 is 6.10 Å². The number of hydrogen-bond acceptors (Lipinski definition) is 5. The minimum Gasteiger partial charge on any atom is -0.504 e. The summed E-state index contributed by atoms with van der Waals surface area (Å²) in [4.78, 5) is 0. The van der Waals surface area contributed by atoms with E-state index in [2.05, 4.69) is 0 Å². The number of ether oxygens (including phenoxy) is 3. The van der Waals surface area contributed by atoms with Crippen molar-refractivity contribution in [3.63, 3.8) is 0 Å². The second-order valence-electron chi connectivity index (χ2n) is 5.20. The zero-order valence-electron chi connectivity index (χ0n) is 12.4. The van der Waals surface area contributed by atoms with Crippen LogP contribution in [0.15, 0.2) is 36.4 Å². The molecule has 1 aliphatic rings. The third kappa shape index (κ3) is 2.44. The molecule has 0 aliphatic carbocycles. The first-order valence-corrected chi connectivity index (χ1v) is 6.99. The van der Waals surface area contributed by atoms with Crippen LogP contribution < -0.4 is 14.2 Å². The molecular formula is C17H18O5. The fraction of sp³-hybridized carbons (Fsp3) is 0.294. The van der Waals surface area contributed by atoms with E-state index in [1.807, 2.05) is 0 Å². The summed E-state index contributed by atoms with van der Waals surface area (Å²) in [6.45, 7) is 0.356. The van der Waals surface area contributed by atoms with Gasteiger partial charge in [0.05, 0.1) is 26.9 Å². The standard InChI is InChI=1S/C17H18O5/c1-20-11-4-6-15-12(8-11)17(19)13(9-22-15)10-3-5-14(18)16(7-10)21-2/h3-8,13,17-19H,9H2,1-2H3. The molecule has 22 heavy (non-hydrogen) atoms. The maximum absolute atomic E-state index is 10.7. The predicted octanol–water partition coefficient (Wildman–Crippen LogP) is 2.62. The van der Waals surface area contributed by atoms with Gasteiger partial charge in [-0.05, 0) is 35.9 Å². The van der Waals surface area contributed by atoms with Gasteiger partial charge in [0.2, 0.25) is 0 Å². The molecule has 5 heteroatoms. The quantitative estimate of drug-likeness (QED) is 0.912. The smallest absolute Gasteiger partial charge is 0.160 e. The van der Waals surface area contributed by atoms with Crippen LogP contribution in [0.3, 0.4) is 0 Å². The number of phenolic OH excluding ortho intramolecular Hbond substituents is 1. The van der Waals surface area contributed by atoms with Crippen molar-refractivity contribution < 1.29 is 24.4 Å². The molecule has 0 spiro atoms. The fourth-order valence-corrected chi connectivity index (χ4v) is 2.71. The van der Waals surface area contributed by atoms with E-state index in [1.165, 1.54) is 7.11 Å². The van der Waals surface area contributed by atoms with Gasteiger partial charge in [-0.3, -0.25) is 0 Å². The monoisotopic (exact) mass is 302 g/mol. The third-order valence-corrected chi connectivity index (χ3v) is 3.97. The fourth-order valence-electron chi connectivity index (χ4n) is 2.71. The minimum absolute atomic E-state index is 0.0690. The van der Waals surface area contributed by atoms with Gasteiger partial charge in [-0.15, -0.1) is 0 Å². The molecule has 0 aromatic heterocycles. The van der Waals surface area contributed by atoms with Crippen LogP contribution in [0.4, 0.5) is 0 Å². The van der Waals surface area contributed by atoms with E-state index >= 15 is 0 Å². The Morgan fingerprint density at radius 1 is 1.09 bits per heavy atom. The largest absolute Gasteiger partial charge is 0.504 e. The second-order valence-corrected chi connectivity index (χ2v) is 5.20. The van der Waals surface area contributed by atoms with Crippen LogP contribution in [0.1, 0.15) is 23.1 Å². The highest BCUT2D eigenvalue weighted by molar-refractivity contribution is 5.47. The second kappa shape index (κ2) is 5.77. The van der Waals surface area contributed by atoms with Gasteiger partial charge in [0.25, 0.3) is 0 Å². The molecule has 0 amide bonds. The van der Waals surface area contributed by atoms with Crippen molar-refractivity contribution in [2.45, 2.75) is 12.0 Å². The molecule has 1 aliphatic heterocycles. The summed E-state index contributed by atoms with van der Waals surface area (Å²) in [6.07, 6.45) is -0.715. The van der Waals surface area contributed by atoms with E-state index in [0.29, 0.717) is 29.4 Å². The number of hydrogen-bond donors (Lipinski definition) is 2. The Hall–Kier alpha value is -2.40. The Kier molecular flexibility index (Phi) is 3.81. The summed E-state index contributed by atoms with van der Waals surface area (Å²) in [5, 5.41) is 20.4. The molecule has 0 radical (unpaired) electrons. The molecule has 0 saturated carbocycles. The van der Waals surface area contributed by atoms with E-state index in [1.54, 1.807) is 43.5 Å². The summed E-state index contributed by atoms with van der Waals surface area (Å²) in [5.74, 6) is 1.54. The van der Waals surface area contributed by atoms with E-state index in [0.717, 1.165) is 5.56 Å². The predicted molar refractivity (Wildman–Crippen MR) is 80.8 cm³/mol. The van der Waals surface area contributed by atoms with E-state index in [9.17, 15) is 10.2 Å². The summed E-state index contributed by atoms with van der Waals surface area (Å²) >= 11 is 0. The number of fused-ring (bicyclic) bond motifs is 1. The lowest BCUT2D eigenvalue weighted by Gasteiger charge is -2.31. The molecular weight excluding hydrogens is 284 g/mol. The topological polar surface area (TPSA) is 68.2 Å². The van der Waals surface area contributed by atoms with Crippen molar-refractivity contribution in [2.75, 3.05) is 20.8 Å². The first-order valence-electron chi connectivity index (χ1n) is 6.99. The van der Waals surface area contributed by atoms with Gasteiger partial charge < -0.3 is 24.4 Å². The van der Waals surface area contributed by atoms with Crippen molar-refractivity contribution in [2.24, 2.45) is 0 Å². The maximum Gasteiger partial charge on any atom is 0.160 e. The summed E-state index contributed by atoms with van der Waals surface area (Å²) in [6, 6.07) is 10.4. The van der Waals surface area contributed by atoms with Crippen LogP contribution in [0.25, 0.3) is 0 Å². The van der Waals surface area contributed by atoms with Gasteiger partial charge in [0, 0.05) is 11.5 Å². The molecule has 5 nitrogen and oxygen atoms in total. The molecule has 2 aromatic rings. The lowest BCUT2D eigenvalue weighted by Crippen LogP contribution is -2.24. The number of aliphatic hydroxyl groups is 1. The maximum atomic E-state index is 10.7. The Labute approximate surface area is 128 Å². The molecule has 2 unspecified atom stereocenters. The first-order chi connectivity index (χ1) is 10.6. The number of aliphatic hydroxyl groups excluding tert-OH is 1. The zero-order chi connectivity index (χ0) is 15.7. The lowest BCUT2D eigenvalue weighted by molar-refractivity contribution is 0.0885. The Morgan fingerprint density at radius 3 is 2.64 bits per heavy atom. The van der Waals surface area contributed by atoms with Crippen molar-refractivity contribution in [1.82, 2.24) is 0 Å². The van der Waals surface area contributed by atoms with Crippen LogP contribution >= 0.6 is 0 Å². The van der Waals surface area contributed by atoms with Gasteiger partial charge in [0.15, 0.2) is 11.5 Å². The van der Waals surface area contributed by atoms with Gasteiger partial charge in [0.1, 0.15) is 11.5 Å². The van der Waals surface area contributed by atoms with Crippen LogP contribution in [0.2, 0.25) is 0 Å². The molecule has 1 heterocycles. The van der Waals surface area contributed by atoms with Gasteiger partial charge in [-0.25, -0.2) is 0 Å². The normalized spacial score (nSPS) is 20.0. The Bertz CT molecular complexity index is 683. The SMILES string of the molecule is COc1ccc2c(c1)C(O)C(c1ccc(O)c(OC)c1)CO2. The number of methoxy groups -OCH3 is 2. The molecule has 3 rings (SSSR count). The summed E-state index contributed by atoms with van der Waals surface area (Å²) in [5.41, 5.74) is 1.54. The number of rotatable bonds is 3. The highest BCUT2D eigenvalue weighted by atomic mass is 16.5. The highest BCUT2D eigenvalue weighted by Gasteiger charge is 2.31. The van der Waals surface area contributed by atoms with Crippen LogP contribution in [-0.4, -0.2) is 31.0 Å². The number of phenols is 1. The van der Waals surface area contributed by atoms with Crippen molar-refractivity contribution >= 4 is 0 Å². The zero-order valence-corrected chi connectivity index (χ0v) is 12.4. The first kappa shape index (κ1) is 14.5. The van der Waals surface area contributed by atoms with Crippen molar-refractivity contribution in [1.29, 1.82) is 0 Å². The van der Waals surface area contributed by atoms with Gasteiger partial charge >= 0.3 is 0 Å². The van der Waals surface area contributed by atoms with Crippen molar-refractivity contribution in [3.05, 3.63) is 47.5 Å². The van der Waals surface area contributed by atoms with Crippen molar-refractivity contribution in [3.8, 4) is 23.0 Å². The van der Waals surface area contributed by atoms with Crippen LogP contribution in [0.5, 0.6) is 23.0 Å². The lowest BCUT2D eigenvalue weighted by atomic mass is 9.87. The summed E-state index contributed by atoms with van der Waals surface area (Å²) in [7, 11) is 3.08. The molecule has 2 N–H and O–H groups in total. The molecule has 2 aromatic carbocycles. The Balaban J connectivity index is 1.96. The van der Waals surface area contributed by atoms with Gasteiger partial charge in [-0.1, -0.05) is 6.07 Å². The number of benzene rings is 2. The molecule has 0 bridgehead atoms. The highest BCUT2D eigenvalue weighted by Crippen LogP contribution is 2.43. The van der Waals surface area contributed by atoms with Gasteiger partial charge in [-0.2, -0.15) is 0 Å². The van der Waals surface area contributed by atoms with E-state index in [4.69, 9.17) is 14.2 Å². The van der Waals surface area contributed by atoms with E-state index in [-0.39, 0.29) is 11.7 Å². The average molecular weight is 302 g/mol. The Morgan fingerprint density at radius 2 is 1.91 bits per heavy atom. The number of aromatic hydroxyl groups is 1. The third-order valence-electron chi connectivity index (χ3n) is 3.97. The molecule has 2 atom stereocenters. The average Bonchev–Trinajstić information content (AvgIpc) is 2.56. The molecule has 0 saturated heterocycles. The van der Waals surface area contributed by atoms with Crippen LogP contribution in [-0.2, 0) is 0 Å².